The fraction of sp³-hybridized carbons (Fsp3) is 0.571. The molecule has 0 spiro atoms. The Morgan fingerprint density at radius 1 is 1.56 bits per heavy atom. The van der Waals surface area contributed by atoms with Crippen LogP contribution in [0.2, 0.25) is 0 Å². The van der Waals surface area contributed by atoms with Crippen molar-refractivity contribution in [1.29, 1.82) is 0 Å². The van der Waals surface area contributed by atoms with Crippen LogP contribution in [0, 0.1) is 16.7 Å². The van der Waals surface area contributed by atoms with Gasteiger partial charge in [-0.15, -0.1) is 6.08 Å². The standard InChI is InChI=1S/C7H8Br.Y/c8-7-5-3-1-2-4-6(5)7;/h1,3,5-6H,2,4H2;/q-1;/t5-,6-;/m0./s1. The minimum atomic E-state index is 0. The van der Waals surface area contributed by atoms with Crippen LogP contribution >= 0.6 is 15.9 Å². The SMILES string of the molecule is Br[C-]1[C@H]2C=CCC[C@H]12.[Y]. The summed E-state index contributed by atoms with van der Waals surface area (Å²) in [5, 5.41) is 0. The third-order valence-electron chi connectivity index (χ3n) is 1.98. The first-order valence-electron chi connectivity index (χ1n) is 3.08. The molecule has 0 unspecified atom stereocenters. The Morgan fingerprint density at radius 3 is 2.78 bits per heavy atom. The van der Waals surface area contributed by atoms with Gasteiger partial charge in [-0.05, 0) is 6.42 Å². The van der Waals surface area contributed by atoms with Crippen molar-refractivity contribution in [3.63, 3.8) is 0 Å². The van der Waals surface area contributed by atoms with Crippen molar-refractivity contribution in [2.24, 2.45) is 11.8 Å². The van der Waals surface area contributed by atoms with E-state index in [-0.39, 0.29) is 32.7 Å². The number of fused-ring (bicyclic) bond motifs is 1. The fourth-order valence-corrected chi connectivity index (χ4v) is 2.22. The zero-order valence-corrected chi connectivity index (χ0v) is 9.60. The van der Waals surface area contributed by atoms with E-state index in [9.17, 15) is 0 Å². The van der Waals surface area contributed by atoms with Crippen LogP contribution in [-0.2, 0) is 32.7 Å². The summed E-state index contributed by atoms with van der Waals surface area (Å²) in [6.45, 7) is 0. The van der Waals surface area contributed by atoms with E-state index < -0.39 is 0 Å². The van der Waals surface area contributed by atoms with Crippen molar-refractivity contribution in [3.05, 3.63) is 17.0 Å². The monoisotopic (exact) mass is 260 g/mol. The van der Waals surface area contributed by atoms with E-state index in [2.05, 4.69) is 28.1 Å². The molecule has 0 heterocycles. The molecule has 1 radical (unpaired) electrons. The molecule has 47 valence electrons. The molecular weight excluding hydrogens is 253 g/mol. The molecule has 2 aliphatic rings. The second kappa shape index (κ2) is 3.15. The Labute approximate surface area is 89.5 Å². The van der Waals surface area contributed by atoms with E-state index in [0.29, 0.717) is 0 Å². The molecule has 0 saturated heterocycles. The number of hydrogen-bond acceptors (Lipinski definition) is 0. The first kappa shape index (κ1) is 8.42. The number of allylic oxidation sites excluding steroid dienone is 2. The van der Waals surface area contributed by atoms with E-state index in [1.54, 1.807) is 0 Å². The predicted molar refractivity (Wildman–Crippen MR) is 37.5 cm³/mol. The van der Waals surface area contributed by atoms with Gasteiger partial charge in [-0.3, -0.25) is 0 Å². The third-order valence-corrected chi connectivity index (χ3v) is 3.10. The van der Waals surface area contributed by atoms with E-state index in [1.165, 1.54) is 17.7 Å². The topological polar surface area (TPSA) is 0 Å². The minimum Gasteiger partial charge on any atom is -0.316 e. The maximum atomic E-state index is 3.54. The minimum absolute atomic E-state index is 0. The number of hydrogen-bond donors (Lipinski definition) is 0. The zero-order valence-electron chi connectivity index (χ0n) is 5.18. The van der Waals surface area contributed by atoms with Crippen molar-refractivity contribution >= 4 is 15.9 Å². The second-order valence-electron chi connectivity index (χ2n) is 2.52. The molecule has 0 aromatic heterocycles. The summed E-state index contributed by atoms with van der Waals surface area (Å²) in [4.78, 5) is 1.53. The molecule has 0 N–H and O–H groups in total. The van der Waals surface area contributed by atoms with Gasteiger partial charge in [-0.2, -0.15) is 11.8 Å². The summed E-state index contributed by atoms with van der Waals surface area (Å²) >= 11 is 3.54. The van der Waals surface area contributed by atoms with Gasteiger partial charge in [-0.1, -0.05) is 12.5 Å². The number of halogens is 1. The Bertz CT molecular complexity index is 133. The molecule has 2 aliphatic carbocycles. The number of rotatable bonds is 0. The van der Waals surface area contributed by atoms with Crippen LogP contribution in [0.5, 0.6) is 0 Å². The van der Waals surface area contributed by atoms with Crippen LogP contribution in [0.4, 0.5) is 0 Å². The predicted octanol–water partition coefficient (Wildman–Crippen LogP) is 2.51. The average molecular weight is 261 g/mol. The van der Waals surface area contributed by atoms with Crippen LogP contribution < -0.4 is 0 Å². The smallest absolute Gasteiger partial charge is 0 e. The van der Waals surface area contributed by atoms with Crippen LogP contribution in [-0.4, -0.2) is 0 Å². The molecule has 0 aliphatic heterocycles. The van der Waals surface area contributed by atoms with Crippen LogP contribution in [0.3, 0.4) is 0 Å². The van der Waals surface area contributed by atoms with Crippen LogP contribution in [0.15, 0.2) is 12.2 Å². The normalized spacial score (nSPS) is 39.2. The van der Waals surface area contributed by atoms with Crippen LogP contribution in [0.1, 0.15) is 12.8 Å². The summed E-state index contributed by atoms with van der Waals surface area (Å²) in [5.41, 5.74) is 0. The van der Waals surface area contributed by atoms with Gasteiger partial charge in [-0.25, -0.2) is 4.83 Å². The molecule has 2 atom stereocenters. The van der Waals surface area contributed by atoms with Gasteiger partial charge >= 0.3 is 0 Å². The van der Waals surface area contributed by atoms with E-state index in [4.69, 9.17) is 0 Å². The summed E-state index contributed by atoms with van der Waals surface area (Å²) in [6, 6.07) is 0. The summed E-state index contributed by atoms with van der Waals surface area (Å²) in [6.07, 6.45) is 7.27. The summed E-state index contributed by atoms with van der Waals surface area (Å²) < 4.78 is 0. The molecule has 2 rings (SSSR count). The van der Waals surface area contributed by atoms with Gasteiger partial charge in [0, 0.05) is 32.7 Å². The van der Waals surface area contributed by atoms with Gasteiger partial charge in [0.05, 0.1) is 0 Å². The first-order valence-corrected chi connectivity index (χ1v) is 3.88. The first-order chi connectivity index (χ1) is 3.89. The molecule has 2 heteroatoms. The molecule has 9 heavy (non-hydrogen) atoms. The Hall–Kier alpha value is 1.32. The van der Waals surface area contributed by atoms with Crippen molar-refractivity contribution < 1.29 is 32.7 Å². The molecule has 0 bridgehead atoms. The molecule has 1 fully saturated rings. The van der Waals surface area contributed by atoms with Gasteiger partial charge in [0.1, 0.15) is 0 Å². The van der Waals surface area contributed by atoms with E-state index in [0.717, 1.165) is 11.8 Å². The van der Waals surface area contributed by atoms with E-state index >= 15 is 0 Å². The van der Waals surface area contributed by atoms with Crippen molar-refractivity contribution in [1.82, 2.24) is 0 Å². The largest absolute Gasteiger partial charge is 0.316 e. The van der Waals surface area contributed by atoms with Gasteiger partial charge in [0.25, 0.3) is 0 Å². The maximum Gasteiger partial charge on any atom is 0 e. The quantitative estimate of drug-likeness (QED) is 0.464. The average Bonchev–Trinajstić information content (AvgIpc) is 2.46. The van der Waals surface area contributed by atoms with Crippen LogP contribution in [0.25, 0.3) is 0 Å². The second-order valence-corrected chi connectivity index (χ2v) is 3.44. The van der Waals surface area contributed by atoms with Crippen molar-refractivity contribution in [2.75, 3.05) is 0 Å². The molecule has 0 aromatic rings. The summed E-state index contributed by atoms with van der Waals surface area (Å²) in [7, 11) is 0. The zero-order chi connectivity index (χ0) is 5.56. The van der Waals surface area contributed by atoms with Gasteiger partial charge in [0.15, 0.2) is 0 Å². The third kappa shape index (κ3) is 1.49. The van der Waals surface area contributed by atoms with Crippen molar-refractivity contribution in [3.8, 4) is 0 Å². The molecule has 0 amide bonds. The fourth-order valence-electron chi connectivity index (χ4n) is 1.37. The molecule has 0 aromatic carbocycles. The molecular formula is C7H8BrY-. The Balaban J connectivity index is 0.000000405. The van der Waals surface area contributed by atoms with E-state index in [1.807, 2.05) is 0 Å². The molecule has 1 saturated carbocycles. The van der Waals surface area contributed by atoms with Gasteiger partial charge in [0.2, 0.25) is 0 Å². The Kier molecular flexibility index (Phi) is 2.95. The van der Waals surface area contributed by atoms with Gasteiger partial charge < -0.3 is 15.9 Å². The molecule has 0 nitrogen and oxygen atoms in total. The summed E-state index contributed by atoms with van der Waals surface area (Å²) in [5.74, 6) is 1.74. The maximum absolute atomic E-state index is 3.54. The van der Waals surface area contributed by atoms with Crippen molar-refractivity contribution in [2.45, 2.75) is 12.8 Å². The Morgan fingerprint density at radius 2 is 2.33 bits per heavy atom.